The highest BCUT2D eigenvalue weighted by Gasteiger charge is 2.08. The molecular weight excluding hydrogens is 316 g/mol. The standard InChI is InChI=1S/C15H19BrN4/c1-11(12-6-4-3-5-7-12)8-9-18-15-13(16)14(17-2)19-10-20-15/h3-7,10-11H,8-9H2,1-2H3,(H2,17,18,19,20). The van der Waals surface area contributed by atoms with Crippen LogP contribution in [-0.4, -0.2) is 23.6 Å². The zero-order chi connectivity index (χ0) is 14.4. The fourth-order valence-corrected chi connectivity index (χ4v) is 2.57. The van der Waals surface area contributed by atoms with Gasteiger partial charge in [-0.2, -0.15) is 0 Å². The zero-order valence-electron chi connectivity index (χ0n) is 11.7. The van der Waals surface area contributed by atoms with Gasteiger partial charge in [-0.1, -0.05) is 37.3 Å². The lowest BCUT2D eigenvalue weighted by atomic mass is 9.98. The van der Waals surface area contributed by atoms with Crippen LogP contribution in [0.4, 0.5) is 11.6 Å². The molecule has 1 aromatic carbocycles. The minimum absolute atomic E-state index is 0.521. The first-order valence-corrected chi connectivity index (χ1v) is 7.48. The molecule has 2 rings (SSSR count). The lowest BCUT2D eigenvalue weighted by Gasteiger charge is -2.14. The molecule has 0 fully saturated rings. The third kappa shape index (κ3) is 3.70. The first-order valence-electron chi connectivity index (χ1n) is 6.69. The van der Waals surface area contributed by atoms with E-state index in [1.165, 1.54) is 5.56 Å². The summed E-state index contributed by atoms with van der Waals surface area (Å²) in [4.78, 5) is 8.39. The van der Waals surface area contributed by atoms with E-state index in [9.17, 15) is 0 Å². The van der Waals surface area contributed by atoms with E-state index in [0.717, 1.165) is 29.1 Å². The van der Waals surface area contributed by atoms with Gasteiger partial charge in [-0.05, 0) is 33.8 Å². The summed E-state index contributed by atoms with van der Waals surface area (Å²) < 4.78 is 0.870. The van der Waals surface area contributed by atoms with E-state index < -0.39 is 0 Å². The van der Waals surface area contributed by atoms with Gasteiger partial charge in [-0.25, -0.2) is 9.97 Å². The van der Waals surface area contributed by atoms with Gasteiger partial charge in [0.2, 0.25) is 0 Å². The Morgan fingerprint density at radius 1 is 1.15 bits per heavy atom. The molecule has 0 saturated heterocycles. The van der Waals surface area contributed by atoms with Gasteiger partial charge in [0, 0.05) is 13.6 Å². The minimum atomic E-state index is 0.521. The average molecular weight is 335 g/mol. The van der Waals surface area contributed by atoms with E-state index in [4.69, 9.17) is 0 Å². The first kappa shape index (κ1) is 14.8. The third-order valence-corrected chi connectivity index (χ3v) is 4.02. The van der Waals surface area contributed by atoms with Crippen LogP contribution in [0.15, 0.2) is 41.1 Å². The van der Waals surface area contributed by atoms with Crippen LogP contribution in [0.2, 0.25) is 0 Å². The highest BCUT2D eigenvalue weighted by Crippen LogP contribution is 2.26. The predicted molar refractivity (Wildman–Crippen MR) is 87.2 cm³/mol. The molecule has 0 bridgehead atoms. The Bertz CT molecular complexity index is 545. The maximum absolute atomic E-state index is 4.25. The van der Waals surface area contributed by atoms with E-state index in [1.807, 2.05) is 13.1 Å². The zero-order valence-corrected chi connectivity index (χ0v) is 13.3. The number of rotatable bonds is 6. The summed E-state index contributed by atoms with van der Waals surface area (Å²) in [5, 5.41) is 6.37. The van der Waals surface area contributed by atoms with Crippen molar-refractivity contribution in [3.05, 3.63) is 46.7 Å². The number of anilines is 2. The molecule has 2 N–H and O–H groups in total. The van der Waals surface area contributed by atoms with Gasteiger partial charge in [0.05, 0.1) is 0 Å². The maximum atomic E-state index is 4.25. The summed E-state index contributed by atoms with van der Waals surface area (Å²) >= 11 is 3.50. The highest BCUT2D eigenvalue weighted by molar-refractivity contribution is 9.10. The van der Waals surface area contributed by atoms with Crippen LogP contribution < -0.4 is 10.6 Å². The molecule has 0 spiro atoms. The second-order valence-electron chi connectivity index (χ2n) is 4.66. The van der Waals surface area contributed by atoms with Crippen LogP contribution in [0.25, 0.3) is 0 Å². The number of nitrogens with one attached hydrogen (secondary N) is 2. The Balaban J connectivity index is 1.90. The van der Waals surface area contributed by atoms with Crippen LogP contribution in [-0.2, 0) is 0 Å². The molecule has 20 heavy (non-hydrogen) atoms. The number of benzene rings is 1. The molecule has 0 amide bonds. The maximum Gasteiger partial charge on any atom is 0.145 e. The van der Waals surface area contributed by atoms with Crippen molar-refractivity contribution in [2.24, 2.45) is 0 Å². The molecule has 106 valence electrons. The Kier molecular flexibility index (Phi) is 5.35. The molecule has 4 nitrogen and oxygen atoms in total. The largest absolute Gasteiger partial charge is 0.372 e. The minimum Gasteiger partial charge on any atom is -0.372 e. The molecule has 1 heterocycles. The van der Waals surface area contributed by atoms with Crippen LogP contribution in [0, 0.1) is 0 Å². The Labute approximate surface area is 128 Å². The van der Waals surface area contributed by atoms with Crippen molar-refractivity contribution in [2.45, 2.75) is 19.3 Å². The molecule has 1 atom stereocenters. The quantitative estimate of drug-likeness (QED) is 0.841. The summed E-state index contributed by atoms with van der Waals surface area (Å²) in [7, 11) is 1.84. The molecule has 1 unspecified atom stereocenters. The number of halogens is 1. The monoisotopic (exact) mass is 334 g/mol. The van der Waals surface area contributed by atoms with Crippen molar-refractivity contribution in [2.75, 3.05) is 24.2 Å². The topological polar surface area (TPSA) is 49.8 Å². The Morgan fingerprint density at radius 2 is 1.85 bits per heavy atom. The molecule has 2 aromatic rings. The molecule has 0 aliphatic rings. The van der Waals surface area contributed by atoms with Gasteiger partial charge < -0.3 is 10.6 Å². The molecule has 1 aromatic heterocycles. The molecule has 0 radical (unpaired) electrons. The second kappa shape index (κ2) is 7.24. The van der Waals surface area contributed by atoms with E-state index in [2.05, 4.69) is 67.7 Å². The summed E-state index contributed by atoms with van der Waals surface area (Å²) in [5.74, 6) is 2.14. The fraction of sp³-hybridized carbons (Fsp3) is 0.333. The molecule has 5 heteroatoms. The highest BCUT2D eigenvalue weighted by atomic mass is 79.9. The number of nitrogens with zero attached hydrogens (tertiary/aromatic N) is 2. The fourth-order valence-electron chi connectivity index (χ4n) is 2.02. The third-order valence-electron chi connectivity index (χ3n) is 3.26. The van der Waals surface area contributed by atoms with Crippen molar-refractivity contribution in [1.82, 2.24) is 9.97 Å². The van der Waals surface area contributed by atoms with Crippen molar-refractivity contribution in [3.8, 4) is 0 Å². The van der Waals surface area contributed by atoms with Gasteiger partial charge in [0.1, 0.15) is 22.4 Å². The number of aromatic nitrogens is 2. The predicted octanol–water partition coefficient (Wildman–Crippen LogP) is 3.89. The summed E-state index contributed by atoms with van der Waals surface area (Å²) in [6, 6.07) is 10.6. The Morgan fingerprint density at radius 3 is 2.55 bits per heavy atom. The number of hydrogen-bond donors (Lipinski definition) is 2. The van der Waals surface area contributed by atoms with Crippen LogP contribution in [0.1, 0.15) is 24.8 Å². The van der Waals surface area contributed by atoms with Gasteiger partial charge in [0.25, 0.3) is 0 Å². The summed E-state index contributed by atoms with van der Waals surface area (Å²) in [5.41, 5.74) is 1.37. The molecule has 0 aliphatic heterocycles. The second-order valence-corrected chi connectivity index (χ2v) is 5.46. The van der Waals surface area contributed by atoms with Gasteiger partial charge in [-0.15, -0.1) is 0 Å². The molecule has 0 saturated carbocycles. The number of hydrogen-bond acceptors (Lipinski definition) is 4. The molecule has 0 aliphatic carbocycles. The van der Waals surface area contributed by atoms with Gasteiger partial charge in [-0.3, -0.25) is 0 Å². The van der Waals surface area contributed by atoms with E-state index in [1.54, 1.807) is 6.33 Å². The van der Waals surface area contributed by atoms with Crippen molar-refractivity contribution in [3.63, 3.8) is 0 Å². The lowest BCUT2D eigenvalue weighted by Crippen LogP contribution is -2.09. The first-order chi connectivity index (χ1) is 9.72. The van der Waals surface area contributed by atoms with Crippen LogP contribution in [0.3, 0.4) is 0 Å². The van der Waals surface area contributed by atoms with Crippen molar-refractivity contribution < 1.29 is 0 Å². The van der Waals surface area contributed by atoms with Crippen LogP contribution in [0.5, 0.6) is 0 Å². The molecular formula is C15H19BrN4. The smallest absolute Gasteiger partial charge is 0.145 e. The summed E-state index contributed by atoms with van der Waals surface area (Å²) in [6.07, 6.45) is 2.61. The normalized spacial score (nSPS) is 11.9. The van der Waals surface area contributed by atoms with Crippen molar-refractivity contribution >= 4 is 27.6 Å². The van der Waals surface area contributed by atoms with E-state index in [-0.39, 0.29) is 0 Å². The van der Waals surface area contributed by atoms with E-state index >= 15 is 0 Å². The Hall–Kier alpha value is -1.62. The lowest BCUT2D eigenvalue weighted by molar-refractivity contribution is 0.704. The van der Waals surface area contributed by atoms with Gasteiger partial charge >= 0.3 is 0 Å². The SMILES string of the molecule is CNc1ncnc(NCCC(C)c2ccccc2)c1Br. The van der Waals surface area contributed by atoms with Crippen molar-refractivity contribution in [1.29, 1.82) is 0 Å². The van der Waals surface area contributed by atoms with E-state index in [0.29, 0.717) is 5.92 Å². The van der Waals surface area contributed by atoms with Crippen LogP contribution >= 0.6 is 15.9 Å². The summed E-state index contributed by atoms with van der Waals surface area (Å²) in [6.45, 7) is 3.11. The average Bonchev–Trinajstić information content (AvgIpc) is 2.49. The van der Waals surface area contributed by atoms with Gasteiger partial charge in [0.15, 0.2) is 0 Å².